The number of amides is 3. The van der Waals surface area contributed by atoms with E-state index in [1.807, 2.05) is 0 Å². The number of aliphatic carboxylic acids is 1. The minimum absolute atomic E-state index is 0.831. The normalized spacial score (nSPS) is 8.67. The van der Waals surface area contributed by atoms with E-state index in [0.717, 1.165) is 0 Å². The van der Waals surface area contributed by atoms with Crippen molar-refractivity contribution in [1.82, 2.24) is 4.90 Å². The summed E-state index contributed by atoms with van der Waals surface area (Å²) in [5.41, 5.74) is 0. The molecule has 8 nitrogen and oxygen atoms in total. The Balaban J connectivity index is 4.76. The first-order valence-electron chi connectivity index (χ1n) is 2.41. The van der Waals surface area contributed by atoms with Crippen LogP contribution in [0.3, 0.4) is 0 Å². The number of carboxylic acids is 1. The van der Waals surface area contributed by atoms with Gasteiger partial charge in [0, 0.05) is 0 Å². The van der Waals surface area contributed by atoms with Gasteiger partial charge in [-0.05, 0) is 0 Å². The molecule has 0 aliphatic carbocycles. The zero-order valence-electron chi connectivity index (χ0n) is 5.42. The molecule has 0 aromatic rings. The van der Waals surface area contributed by atoms with Crippen molar-refractivity contribution in [3.8, 4) is 0 Å². The standard InChI is InChI=1S/C4H3NO7/c6-1(2(7)8)5(3(9)10)4(11)12/h(H,7,8)(H,9,10)(H,11,12). The third-order valence-corrected chi connectivity index (χ3v) is 0.769. The average Bonchev–Trinajstić information content (AvgIpc) is 1.85. The van der Waals surface area contributed by atoms with Gasteiger partial charge in [0.2, 0.25) is 0 Å². The van der Waals surface area contributed by atoms with Gasteiger partial charge in [0.1, 0.15) is 0 Å². The second-order valence-corrected chi connectivity index (χ2v) is 1.51. The molecule has 0 atom stereocenters. The smallest absolute Gasteiger partial charge is 0.424 e. The molecule has 0 aliphatic rings. The molecule has 3 amide bonds. The van der Waals surface area contributed by atoms with Crippen molar-refractivity contribution >= 4 is 24.1 Å². The van der Waals surface area contributed by atoms with Crippen LogP contribution in [0.4, 0.5) is 9.59 Å². The van der Waals surface area contributed by atoms with Crippen LogP contribution >= 0.6 is 0 Å². The molecule has 0 aromatic heterocycles. The van der Waals surface area contributed by atoms with Crippen molar-refractivity contribution in [3.63, 3.8) is 0 Å². The number of carbonyl (C=O) groups excluding carboxylic acids is 1. The van der Waals surface area contributed by atoms with Gasteiger partial charge in [0.25, 0.3) is 0 Å². The van der Waals surface area contributed by atoms with Crippen molar-refractivity contribution in [3.05, 3.63) is 0 Å². The fraction of sp³-hybridized carbons (Fsp3) is 0. The van der Waals surface area contributed by atoms with E-state index in [2.05, 4.69) is 0 Å². The van der Waals surface area contributed by atoms with Crippen LogP contribution < -0.4 is 0 Å². The molecule has 3 N–H and O–H groups in total. The Bertz CT molecular complexity index is 242. The minimum atomic E-state index is -2.16. The Morgan fingerprint density at radius 3 is 1.25 bits per heavy atom. The molecule has 0 rings (SSSR count). The summed E-state index contributed by atoms with van der Waals surface area (Å²) in [6, 6.07) is 0. The van der Waals surface area contributed by atoms with Crippen molar-refractivity contribution < 1.29 is 34.5 Å². The first kappa shape index (κ1) is 9.88. The summed E-state index contributed by atoms with van der Waals surface area (Å²) >= 11 is 0. The number of hydrogen-bond donors (Lipinski definition) is 3. The Hall–Kier alpha value is -2.12. The van der Waals surface area contributed by atoms with Gasteiger partial charge < -0.3 is 15.3 Å². The minimum Gasteiger partial charge on any atom is -0.474 e. The highest BCUT2D eigenvalue weighted by Gasteiger charge is 2.32. The summed E-state index contributed by atoms with van der Waals surface area (Å²) in [6.45, 7) is 0. The predicted molar refractivity (Wildman–Crippen MR) is 30.5 cm³/mol. The molecule has 0 fully saturated rings. The van der Waals surface area contributed by atoms with Gasteiger partial charge in [-0.1, -0.05) is 0 Å². The average molecular weight is 177 g/mol. The van der Waals surface area contributed by atoms with Crippen molar-refractivity contribution in [1.29, 1.82) is 0 Å². The van der Waals surface area contributed by atoms with Crippen molar-refractivity contribution in [2.24, 2.45) is 0 Å². The van der Waals surface area contributed by atoms with E-state index in [1.165, 1.54) is 0 Å². The zero-order valence-corrected chi connectivity index (χ0v) is 5.42. The molecule has 0 bridgehead atoms. The zero-order chi connectivity index (χ0) is 9.89. The highest BCUT2D eigenvalue weighted by Crippen LogP contribution is 1.92. The molecule has 66 valence electrons. The third kappa shape index (κ3) is 1.94. The number of carboxylic acid groups (broad SMARTS) is 3. The van der Waals surface area contributed by atoms with Gasteiger partial charge in [-0.15, -0.1) is 4.90 Å². The fourth-order valence-corrected chi connectivity index (χ4v) is 0.351. The number of nitrogens with zero attached hydrogens (tertiary/aromatic N) is 1. The van der Waals surface area contributed by atoms with E-state index in [9.17, 15) is 19.2 Å². The van der Waals surface area contributed by atoms with Crippen LogP contribution in [0.5, 0.6) is 0 Å². The first-order chi connectivity index (χ1) is 5.37. The largest absolute Gasteiger partial charge is 0.474 e. The maximum atomic E-state index is 10.3. The number of imide groups is 3. The number of hydrogen-bond acceptors (Lipinski definition) is 4. The van der Waals surface area contributed by atoms with Gasteiger partial charge in [0.15, 0.2) is 0 Å². The van der Waals surface area contributed by atoms with Gasteiger partial charge in [0.05, 0.1) is 0 Å². The molecule has 0 unspecified atom stereocenters. The second-order valence-electron chi connectivity index (χ2n) is 1.51. The first-order valence-corrected chi connectivity index (χ1v) is 2.41. The highest BCUT2D eigenvalue weighted by molar-refractivity contribution is 6.37. The summed E-state index contributed by atoms with van der Waals surface area (Å²) < 4.78 is 0. The lowest BCUT2D eigenvalue weighted by Gasteiger charge is -2.06. The van der Waals surface area contributed by atoms with Gasteiger partial charge in [-0.2, -0.15) is 0 Å². The Kier molecular flexibility index (Phi) is 2.74. The molecule has 0 saturated carbocycles. The summed E-state index contributed by atoms with van der Waals surface area (Å²) in [6.07, 6.45) is -4.31. The summed E-state index contributed by atoms with van der Waals surface area (Å²) in [5.74, 6) is -4.19. The van der Waals surface area contributed by atoms with E-state index in [4.69, 9.17) is 15.3 Å². The molecule has 0 aliphatic heterocycles. The van der Waals surface area contributed by atoms with Gasteiger partial charge in [-0.3, -0.25) is 4.79 Å². The maximum Gasteiger partial charge on any atom is 0.424 e. The molecule has 8 heteroatoms. The number of rotatable bonds is 0. The predicted octanol–water partition coefficient (Wildman–Crippen LogP) is -0.744. The van der Waals surface area contributed by atoms with E-state index >= 15 is 0 Å². The second kappa shape index (κ2) is 3.32. The highest BCUT2D eigenvalue weighted by atomic mass is 16.4. The van der Waals surface area contributed by atoms with Crippen LogP contribution in [0, 0.1) is 0 Å². The Morgan fingerprint density at radius 2 is 1.17 bits per heavy atom. The fourth-order valence-electron chi connectivity index (χ4n) is 0.351. The van der Waals surface area contributed by atoms with Crippen LogP contribution in [-0.2, 0) is 9.59 Å². The van der Waals surface area contributed by atoms with Crippen molar-refractivity contribution in [2.45, 2.75) is 0 Å². The Morgan fingerprint density at radius 1 is 0.833 bits per heavy atom. The van der Waals surface area contributed by atoms with Crippen LogP contribution in [0.25, 0.3) is 0 Å². The SMILES string of the molecule is O=C(O)C(=O)N(C(=O)O)C(=O)O. The summed E-state index contributed by atoms with van der Waals surface area (Å²) in [5, 5.41) is 24.0. The van der Waals surface area contributed by atoms with E-state index in [-0.39, 0.29) is 0 Å². The van der Waals surface area contributed by atoms with E-state index < -0.39 is 29.0 Å². The Labute approximate surface area is 64.6 Å². The molecular weight excluding hydrogens is 174 g/mol. The van der Waals surface area contributed by atoms with Gasteiger partial charge in [-0.25, -0.2) is 14.4 Å². The molecule has 12 heavy (non-hydrogen) atoms. The molecule has 0 saturated heterocycles. The lowest BCUT2D eigenvalue weighted by molar-refractivity contribution is -0.153. The monoisotopic (exact) mass is 177 g/mol. The van der Waals surface area contributed by atoms with Crippen LogP contribution in [-0.4, -0.2) is 44.3 Å². The summed E-state index contributed by atoms with van der Waals surface area (Å²) in [7, 11) is 0. The molecule has 0 heterocycles. The lowest BCUT2D eigenvalue weighted by Crippen LogP contribution is -2.43. The van der Waals surface area contributed by atoms with E-state index in [1.54, 1.807) is 0 Å². The lowest BCUT2D eigenvalue weighted by atomic mass is 10.5. The molecule has 0 spiro atoms. The summed E-state index contributed by atoms with van der Waals surface area (Å²) in [4.78, 5) is 39.2. The van der Waals surface area contributed by atoms with Crippen LogP contribution in [0.2, 0.25) is 0 Å². The third-order valence-electron chi connectivity index (χ3n) is 0.769. The quantitative estimate of drug-likeness (QED) is 0.414. The van der Waals surface area contributed by atoms with Crippen molar-refractivity contribution in [2.75, 3.05) is 0 Å². The van der Waals surface area contributed by atoms with Crippen LogP contribution in [0.1, 0.15) is 0 Å². The van der Waals surface area contributed by atoms with E-state index in [0.29, 0.717) is 0 Å². The topological polar surface area (TPSA) is 132 Å². The maximum absolute atomic E-state index is 10.3. The molecule has 0 aromatic carbocycles. The molecule has 0 radical (unpaired) electrons. The van der Waals surface area contributed by atoms with Crippen LogP contribution in [0.15, 0.2) is 0 Å². The van der Waals surface area contributed by atoms with Gasteiger partial charge >= 0.3 is 24.1 Å². The molecular formula is C4H3NO7. The number of carbonyl (C=O) groups is 4.